The third kappa shape index (κ3) is 6.15. The Hall–Kier alpha value is -2.29. The summed E-state index contributed by atoms with van der Waals surface area (Å²) >= 11 is 0. The van der Waals surface area contributed by atoms with Crippen molar-refractivity contribution >= 4 is 11.6 Å². The molecule has 0 fully saturated rings. The molecule has 0 aromatic heterocycles. The van der Waals surface area contributed by atoms with Crippen molar-refractivity contribution in [1.82, 2.24) is 5.32 Å². The third-order valence-electron chi connectivity index (χ3n) is 3.86. The summed E-state index contributed by atoms with van der Waals surface area (Å²) in [7, 11) is 0. The van der Waals surface area contributed by atoms with Gasteiger partial charge in [-0.25, -0.2) is 0 Å². The topological polar surface area (TPSA) is 41.1 Å². The summed E-state index contributed by atoms with van der Waals surface area (Å²) in [4.78, 5) is 11.8. The number of benzene rings is 2. The minimum atomic E-state index is 0.107. The van der Waals surface area contributed by atoms with Crippen molar-refractivity contribution in [2.75, 3.05) is 18.4 Å². The second-order valence-electron chi connectivity index (χ2n) is 5.93. The van der Waals surface area contributed by atoms with E-state index in [1.54, 1.807) is 0 Å². The van der Waals surface area contributed by atoms with Crippen LogP contribution in [-0.4, -0.2) is 19.0 Å². The van der Waals surface area contributed by atoms with Crippen molar-refractivity contribution < 1.29 is 4.79 Å². The quantitative estimate of drug-likeness (QED) is 0.727. The SMILES string of the molecule is Cc1ccc(NCCC(=O)NCCCc2ccccc2)c(C)c1. The lowest BCUT2D eigenvalue weighted by molar-refractivity contribution is -0.120. The number of aryl methyl sites for hydroxylation is 3. The molecule has 0 atom stereocenters. The van der Waals surface area contributed by atoms with Crippen LogP contribution in [0, 0.1) is 13.8 Å². The first kappa shape index (κ1) is 17.1. The zero-order valence-corrected chi connectivity index (χ0v) is 14.1. The van der Waals surface area contributed by atoms with Gasteiger partial charge in [0.05, 0.1) is 0 Å². The molecule has 0 radical (unpaired) electrons. The Morgan fingerprint density at radius 1 is 1.00 bits per heavy atom. The van der Waals surface area contributed by atoms with E-state index in [1.807, 2.05) is 18.2 Å². The lowest BCUT2D eigenvalue weighted by Gasteiger charge is -2.10. The maximum atomic E-state index is 11.8. The standard InChI is InChI=1S/C20H26N2O/c1-16-10-11-19(17(2)15-16)21-14-12-20(23)22-13-6-9-18-7-4-3-5-8-18/h3-5,7-8,10-11,15,21H,6,9,12-14H2,1-2H3,(H,22,23). The van der Waals surface area contributed by atoms with E-state index in [9.17, 15) is 4.79 Å². The average molecular weight is 310 g/mol. The molecule has 3 nitrogen and oxygen atoms in total. The van der Waals surface area contributed by atoms with Gasteiger partial charge in [0.2, 0.25) is 5.91 Å². The number of rotatable bonds is 8. The van der Waals surface area contributed by atoms with Crippen LogP contribution in [0.3, 0.4) is 0 Å². The molecule has 2 N–H and O–H groups in total. The molecule has 0 aliphatic heterocycles. The van der Waals surface area contributed by atoms with Crippen LogP contribution in [0.4, 0.5) is 5.69 Å². The van der Waals surface area contributed by atoms with Gasteiger partial charge >= 0.3 is 0 Å². The van der Waals surface area contributed by atoms with Crippen molar-refractivity contribution in [1.29, 1.82) is 0 Å². The first-order valence-corrected chi connectivity index (χ1v) is 8.27. The Kier molecular flexibility index (Phi) is 6.67. The summed E-state index contributed by atoms with van der Waals surface area (Å²) in [5.41, 5.74) is 4.89. The van der Waals surface area contributed by atoms with Crippen LogP contribution in [0.25, 0.3) is 0 Å². The molecular formula is C20H26N2O. The van der Waals surface area contributed by atoms with Crippen molar-refractivity contribution in [3.8, 4) is 0 Å². The molecule has 0 unspecified atom stereocenters. The molecule has 0 aliphatic carbocycles. The number of amides is 1. The van der Waals surface area contributed by atoms with E-state index in [-0.39, 0.29) is 5.91 Å². The Morgan fingerprint density at radius 3 is 2.52 bits per heavy atom. The number of anilines is 1. The molecule has 0 saturated carbocycles. The maximum absolute atomic E-state index is 11.8. The molecule has 122 valence electrons. The van der Waals surface area contributed by atoms with Crippen LogP contribution >= 0.6 is 0 Å². The molecule has 2 aromatic rings. The van der Waals surface area contributed by atoms with E-state index in [2.05, 4.69) is 54.8 Å². The molecule has 0 saturated heterocycles. The Balaban J connectivity index is 1.60. The molecule has 0 bridgehead atoms. The van der Waals surface area contributed by atoms with Crippen LogP contribution in [-0.2, 0) is 11.2 Å². The van der Waals surface area contributed by atoms with Crippen molar-refractivity contribution in [3.05, 3.63) is 65.2 Å². The Labute approximate surface area is 139 Å². The third-order valence-corrected chi connectivity index (χ3v) is 3.86. The van der Waals surface area contributed by atoms with E-state index in [4.69, 9.17) is 0 Å². The minimum absolute atomic E-state index is 0.107. The average Bonchev–Trinajstić information content (AvgIpc) is 2.55. The highest BCUT2D eigenvalue weighted by atomic mass is 16.1. The molecule has 3 heteroatoms. The molecule has 2 rings (SSSR count). The highest BCUT2D eigenvalue weighted by Crippen LogP contribution is 2.15. The van der Waals surface area contributed by atoms with E-state index in [1.165, 1.54) is 16.7 Å². The van der Waals surface area contributed by atoms with Gasteiger partial charge in [0.25, 0.3) is 0 Å². The smallest absolute Gasteiger partial charge is 0.221 e. The van der Waals surface area contributed by atoms with Gasteiger partial charge in [0.1, 0.15) is 0 Å². The largest absolute Gasteiger partial charge is 0.384 e. The number of nitrogens with one attached hydrogen (secondary N) is 2. The fourth-order valence-electron chi connectivity index (χ4n) is 2.58. The highest BCUT2D eigenvalue weighted by molar-refractivity contribution is 5.76. The predicted octanol–water partition coefficient (Wildman–Crippen LogP) is 3.85. The van der Waals surface area contributed by atoms with Gasteiger partial charge in [0.15, 0.2) is 0 Å². The van der Waals surface area contributed by atoms with Crippen molar-refractivity contribution in [3.63, 3.8) is 0 Å². The lowest BCUT2D eigenvalue weighted by atomic mass is 10.1. The van der Waals surface area contributed by atoms with Gasteiger partial charge in [-0.1, -0.05) is 48.0 Å². The van der Waals surface area contributed by atoms with Gasteiger partial charge in [-0.15, -0.1) is 0 Å². The summed E-state index contributed by atoms with van der Waals surface area (Å²) in [5.74, 6) is 0.107. The molecular weight excluding hydrogens is 284 g/mol. The molecule has 1 amide bonds. The fraction of sp³-hybridized carbons (Fsp3) is 0.350. The second kappa shape index (κ2) is 8.99. The Morgan fingerprint density at radius 2 is 1.78 bits per heavy atom. The summed E-state index contributed by atoms with van der Waals surface area (Å²) in [6.45, 7) is 5.56. The summed E-state index contributed by atoms with van der Waals surface area (Å²) < 4.78 is 0. The Bertz CT molecular complexity index is 623. The molecule has 0 aliphatic rings. The van der Waals surface area contributed by atoms with E-state index in [0.717, 1.165) is 25.1 Å². The van der Waals surface area contributed by atoms with Gasteiger partial charge in [-0.2, -0.15) is 0 Å². The van der Waals surface area contributed by atoms with Crippen molar-refractivity contribution in [2.24, 2.45) is 0 Å². The van der Waals surface area contributed by atoms with E-state index in [0.29, 0.717) is 13.0 Å². The number of carbonyl (C=O) groups excluding carboxylic acids is 1. The maximum Gasteiger partial charge on any atom is 0.221 e. The first-order valence-electron chi connectivity index (χ1n) is 8.27. The number of hydrogen-bond acceptors (Lipinski definition) is 2. The summed E-state index contributed by atoms with van der Waals surface area (Å²) in [5, 5.41) is 6.31. The van der Waals surface area contributed by atoms with Crippen LogP contribution in [0.15, 0.2) is 48.5 Å². The summed E-state index contributed by atoms with van der Waals surface area (Å²) in [6, 6.07) is 16.7. The molecule has 0 spiro atoms. The fourth-order valence-corrected chi connectivity index (χ4v) is 2.58. The number of carbonyl (C=O) groups is 1. The van der Waals surface area contributed by atoms with Crippen LogP contribution in [0.1, 0.15) is 29.5 Å². The second-order valence-corrected chi connectivity index (χ2v) is 5.93. The van der Waals surface area contributed by atoms with Gasteiger partial charge in [0, 0.05) is 25.2 Å². The zero-order chi connectivity index (χ0) is 16.5. The predicted molar refractivity (Wildman–Crippen MR) is 96.8 cm³/mol. The van der Waals surface area contributed by atoms with E-state index < -0.39 is 0 Å². The minimum Gasteiger partial charge on any atom is -0.384 e. The number of hydrogen-bond donors (Lipinski definition) is 2. The molecule has 2 aromatic carbocycles. The monoisotopic (exact) mass is 310 g/mol. The van der Waals surface area contributed by atoms with Crippen LogP contribution in [0.2, 0.25) is 0 Å². The van der Waals surface area contributed by atoms with Crippen LogP contribution < -0.4 is 10.6 Å². The highest BCUT2D eigenvalue weighted by Gasteiger charge is 2.02. The normalized spacial score (nSPS) is 10.3. The van der Waals surface area contributed by atoms with E-state index >= 15 is 0 Å². The lowest BCUT2D eigenvalue weighted by Crippen LogP contribution is -2.26. The van der Waals surface area contributed by atoms with Crippen LogP contribution in [0.5, 0.6) is 0 Å². The first-order chi connectivity index (χ1) is 11.1. The zero-order valence-electron chi connectivity index (χ0n) is 14.1. The molecule has 23 heavy (non-hydrogen) atoms. The summed E-state index contributed by atoms with van der Waals surface area (Å²) in [6.07, 6.45) is 2.47. The van der Waals surface area contributed by atoms with Gasteiger partial charge < -0.3 is 10.6 Å². The van der Waals surface area contributed by atoms with Crippen molar-refractivity contribution in [2.45, 2.75) is 33.1 Å². The van der Waals surface area contributed by atoms with Gasteiger partial charge in [-0.05, 0) is 43.9 Å². The molecule has 0 heterocycles. The van der Waals surface area contributed by atoms with Gasteiger partial charge in [-0.3, -0.25) is 4.79 Å².